The van der Waals surface area contributed by atoms with E-state index in [1.807, 2.05) is 0 Å². The molecule has 0 aliphatic heterocycles. The zero-order valence-electron chi connectivity index (χ0n) is 9.67. The third kappa shape index (κ3) is 3.23. The van der Waals surface area contributed by atoms with E-state index in [9.17, 15) is 4.79 Å². The molecule has 0 bridgehead atoms. The van der Waals surface area contributed by atoms with E-state index in [-0.39, 0.29) is 11.8 Å². The highest BCUT2D eigenvalue weighted by atomic mass is 16.4. The molecule has 92 valence electrons. The second-order valence-corrected chi connectivity index (χ2v) is 4.43. The highest BCUT2D eigenvalue weighted by Gasteiger charge is 2.32. The number of hydrogen-bond donors (Lipinski definition) is 2. The van der Waals surface area contributed by atoms with Gasteiger partial charge in [0.25, 0.3) is 0 Å². The minimum absolute atomic E-state index is 0.181. The topological polar surface area (TPSA) is 75.1 Å². The van der Waals surface area contributed by atoms with Crippen LogP contribution in [0.15, 0.2) is 18.5 Å². The van der Waals surface area contributed by atoms with Crippen LogP contribution in [0.5, 0.6) is 0 Å². The Morgan fingerprint density at radius 3 is 2.88 bits per heavy atom. The van der Waals surface area contributed by atoms with E-state index in [4.69, 9.17) is 5.11 Å². The molecule has 0 spiro atoms. The molecule has 1 aliphatic carbocycles. The van der Waals surface area contributed by atoms with Gasteiger partial charge in [-0.2, -0.15) is 0 Å². The van der Waals surface area contributed by atoms with Crippen molar-refractivity contribution < 1.29 is 9.90 Å². The normalized spacial score (nSPS) is 23.8. The molecule has 1 saturated carbocycles. The van der Waals surface area contributed by atoms with Crippen LogP contribution >= 0.6 is 0 Å². The van der Waals surface area contributed by atoms with E-state index < -0.39 is 5.97 Å². The molecule has 1 aromatic heterocycles. The molecule has 1 heterocycles. The van der Waals surface area contributed by atoms with Gasteiger partial charge in [0.15, 0.2) is 0 Å². The molecular weight excluding hydrogens is 218 g/mol. The fraction of sp³-hybridized carbons (Fsp3) is 0.583. The van der Waals surface area contributed by atoms with Gasteiger partial charge >= 0.3 is 5.97 Å². The standard InChI is InChI=1S/C12H17N3O2/c16-12(17)10-4-1-3-9(10)7-13-8-11-14-5-2-6-15-11/h2,5-6,9-10,13H,1,3-4,7-8H2,(H,16,17). The molecule has 17 heavy (non-hydrogen) atoms. The SMILES string of the molecule is O=C(O)C1CCCC1CNCc1ncccn1. The monoisotopic (exact) mass is 235 g/mol. The van der Waals surface area contributed by atoms with Gasteiger partial charge in [-0.1, -0.05) is 6.42 Å². The van der Waals surface area contributed by atoms with Crippen molar-refractivity contribution >= 4 is 5.97 Å². The van der Waals surface area contributed by atoms with Crippen LogP contribution in [0.3, 0.4) is 0 Å². The van der Waals surface area contributed by atoms with E-state index in [1.165, 1.54) is 0 Å². The molecule has 2 N–H and O–H groups in total. The van der Waals surface area contributed by atoms with Gasteiger partial charge in [0.05, 0.1) is 12.5 Å². The molecule has 5 nitrogen and oxygen atoms in total. The number of carboxylic acid groups (broad SMARTS) is 1. The Kier molecular flexibility index (Phi) is 4.03. The molecule has 5 heteroatoms. The van der Waals surface area contributed by atoms with E-state index in [0.29, 0.717) is 6.54 Å². The van der Waals surface area contributed by atoms with E-state index in [1.54, 1.807) is 18.5 Å². The summed E-state index contributed by atoms with van der Waals surface area (Å²) in [7, 11) is 0. The number of carboxylic acids is 1. The Bertz CT molecular complexity index is 369. The molecule has 0 saturated heterocycles. The van der Waals surface area contributed by atoms with E-state index in [0.717, 1.165) is 31.6 Å². The molecule has 0 radical (unpaired) electrons. The maximum absolute atomic E-state index is 11.0. The number of aliphatic carboxylic acids is 1. The molecule has 2 unspecified atom stereocenters. The van der Waals surface area contributed by atoms with Crippen LogP contribution in [0.4, 0.5) is 0 Å². The summed E-state index contributed by atoms with van der Waals surface area (Å²) in [6, 6.07) is 1.78. The zero-order valence-corrected chi connectivity index (χ0v) is 9.67. The average Bonchev–Trinajstić information content (AvgIpc) is 2.79. The average molecular weight is 235 g/mol. The Morgan fingerprint density at radius 1 is 1.41 bits per heavy atom. The maximum atomic E-state index is 11.0. The Balaban J connectivity index is 1.77. The molecule has 0 aromatic carbocycles. The summed E-state index contributed by atoms with van der Waals surface area (Å²) in [5.74, 6) is 0.151. The number of carbonyl (C=O) groups is 1. The number of hydrogen-bond acceptors (Lipinski definition) is 4. The third-order valence-electron chi connectivity index (χ3n) is 3.29. The van der Waals surface area contributed by atoms with Crippen LogP contribution in [0, 0.1) is 11.8 Å². The molecule has 1 aromatic rings. The second kappa shape index (κ2) is 5.72. The van der Waals surface area contributed by atoms with E-state index >= 15 is 0 Å². The van der Waals surface area contributed by atoms with Crippen molar-refractivity contribution in [1.29, 1.82) is 0 Å². The lowest BCUT2D eigenvalue weighted by molar-refractivity contribution is -0.142. The minimum Gasteiger partial charge on any atom is -0.481 e. The summed E-state index contributed by atoms with van der Waals surface area (Å²) in [6.07, 6.45) is 6.24. The Labute approximate surface area is 100 Å². The molecule has 2 rings (SSSR count). The quantitative estimate of drug-likeness (QED) is 0.798. The van der Waals surface area contributed by atoms with Crippen LogP contribution in [-0.2, 0) is 11.3 Å². The van der Waals surface area contributed by atoms with E-state index in [2.05, 4.69) is 15.3 Å². The van der Waals surface area contributed by atoms with Gasteiger partial charge in [-0.25, -0.2) is 9.97 Å². The summed E-state index contributed by atoms with van der Waals surface area (Å²) >= 11 is 0. The minimum atomic E-state index is -0.662. The summed E-state index contributed by atoms with van der Waals surface area (Å²) in [6.45, 7) is 1.33. The van der Waals surface area contributed by atoms with Crippen molar-refractivity contribution in [3.8, 4) is 0 Å². The number of nitrogens with zero attached hydrogens (tertiary/aromatic N) is 2. The summed E-state index contributed by atoms with van der Waals surface area (Å²) < 4.78 is 0. The first kappa shape index (κ1) is 12.0. The third-order valence-corrected chi connectivity index (χ3v) is 3.29. The second-order valence-electron chi connectivity index (χ2n) is 4.43. The number of nitrogens with one attached hydrogen (secondary N) is 1. The van der Waals surface area contributed by atoms with Crippen LogP contribution in [0.1, 0.15) is 25.1 Å². The van der Waals surface area contributed by atoms with Crippen LogP contribution in [-0.4, -0.2) is 27.6 Å². The van der Waals surface area contributed by atoms with Crippen LogP contribution < -0.4 is 5.32 Å². The highest BCUT2D eigenvalue weighted by Crippen LogP contribution is 2.31. The van der Waals surface area contributed by atoms with Gasteiger partial charge in [0, 0.05) is 12.4 Å². The molecule has 1 fully saturated rings. The highest BCUT2D eigenvalue weighted by molar-refractivity contribution is 5.70. The van der Waals surface area contributed by atoms with Gasteiger partial charge in [-0.3, -0.25) is 4.79 Å². The first-order valence-corrected chi connectivity index (χ1v) is 5.97. The van der Waals surface area contributed by atoms with Gasteiger partial charge in [0.1, 0.15) is 5.82 Å². The first-order chi connectivity index (χ1) is 8.27. The zero-order chi connectivity index (χ0) is 12.1. The summed E-state index contributed by atoms with van der Waals surface area (Å²) in [4.78, 5) is 19.2. The summed E-state index contributed by atoms with van der Waals surface area (Å²) in [5.41, 5.74) is 0. The van der Waals surface area contributed by atoms with Crippen LogP contribution in [0.2, 0.25) is 0 Å². The predicted octanol–water partition coefficient (Wildman–Crippen LogP) is 1.07. The fourth-order valence-corrected chi connectivity index (χ4v) is 2.40. The van der Waals surface area contributed by atoms with Crippen molar-refractivity contribution in [2.24, 2.45) is 11.8 Å². The fourth-order valence-electron chi connectivity index (χ4n) is 2.40. The smallest absolute Gasteiger partial charge is 0.306 e. The number of aromatic nitrogens is 2. The van der Waals surface area contributed by atoms with Crippen molar-refractivity contribution in [2.75, 3.05) is 6.54 Å². The van der Waals surface area contributed by atoms with Gasteiger partial charge in [-0.15, -0.1) is 0 Å². The van der Waals surface area contributed by atoms with Gasteiger partial charge < -0.3 is 10.4 Å². The van der Waals surface area contributed by atoms with Crippen molar-refractivity contribution in [3.63, 3.8) is 0 Å². The van der Waals surface area contributed by atoms with Gasteiger partial charge in [-0.05, 0) is 31.4 Å². The lowest BCUT2D eigenvalue weighted by Gasteiger charge is -2.15. The molecule has 0 amide bonds. The molecule has 2 atom stereocenters. The van der Waals surface area contributed by atoms with Crippen molar-refractivity contribution in [3.05, 3.63) is 24.3 Å². The molecular formula is C12H17N3O2. The van der Waals surface area contributed by atoms with Crippen molar-refractivity contribution in [2.45, 2.75) is 25.8 Å². The van der Waals surface area contributed by atoms with Gasteiger partial charge in [0.2, 0.25) is 0 Å². The molecule has 1 aliphatic rings. The maximum Gasteiger partial charge on any atom is 0.306 e. The Hall–Kier alpha value is -1.49. The largest absolute Gasteiger partial charge is 0.481 e. The lowest BCUT2D eigenvalue weighted by Crippen LogP contribution is -2.29. The summed E-state index contributed by atoms with van der Waals surface area (Å²) in [5, 5.41) is 12.3. The predicted molar refractivity (Wildman–Crippen MR) is 62.2 cm³/mol. The number of rotatable bonds is 5. The lowest BCUT2D eigenvalue weighted by atomic mass is 9.96. The van der Waals surface area contributed by atoms with Crippen molar-refractivity contribution in [1.82, 2.24) is 15.3 Å². The Morgan fingerprint density at radius 2 is 2.18 bits per heavy atom. The van der Waals surface area contributed by atoms with Crippen LogP contribution in [0.25, 0.3) is 0 Å². The first-order valence-electron chi connectivity index (χ1n) is 5.97.